The highest BCUT2D eigenvalue weighted by atomic mass is 16.5. The number of hydrogen-bond donors (Lipinski definition) is 2. The normalized spacial score (nSPS) is 28.2. The van der Waals surface area contributed by atoms with Crippen molar-refractivity contribution in [2.75, 3.05) is 13.2 Å². The van der Waals surface area contributed by atoms with Gasteiger partial charge in [-0.3, -0.25) is 0 Å². The molecule has 0 aliphatic heterocycles. The van der Waals surface area contributed by atoms with Gasteiger partial charge in [-0.25, -0.2) is 4.79 Å². The summed E-state index contributed by atoms with van der Waals surface area (Å²) in [6, 6.07) is 17.9. The van der Waals surface area contributed by atoms with Crippen molar-refractivity contribution >= 4 is 6.03 Å². The second-order valence-corrected chi connectivity index (χ2v) is 10.3. The average molecular weight is 449 g/mol. The van der Waals surface area contributed by atoms with Crippen molar-refractivity contribution in [2.24, 2.45) is 17.8 Å². The molecular weight excluding hydrogens is 412 g/mol. The molecule has 4 saturated carbocycles. The summed E-state index contributed by atoms with van der Waals surface area (Å²) in [4.78, 5) is 12.8. The van der Waals surface area contributed by atoms with E-state index in [0.717, 1.165) is 34.8 Å². The third kappa shape index (κ3) is 5.29. The summed E-state index contributed by atoms with van der Waals surface area (Å²) in [5.74, 6) is 4.03. The van der Waals surface area contributed by atoms with Gasteiger partial charge in [0.15, 0.2) is 0 Å². The summed E-state index contributed by atoms with van der Waals surface area (Å²) < 4.78 is 12.0. The van der Waals surface area contributed by atoms with Crippen molar-refractivity contribution < 1.29 is 14.3 Å². The van der Waals surface area contributed by atoms with E-state index < -0.39 is 0 Å². The molecule has 1 unspecified atom stereocenters. The quantitative estimate of drug-likeness (QED) is 0.505. The zero-order valence-electron chi connectivity index (χ0n) is 19.6. The van der Waals surface area contributed by atoms with Crippen LogP contribution in [0.1, 0.15) is 63.5 Å². The summed E-state index contributed by atoms with van der Waals surface area (Å²) in [5, 5.41) is 6.52. The van der Waals surface area contributed by atoms with Crippen molar-refractivity contribution in [3.05, 3.63) is 60.2 Å². The highest BCUT2D eigenvalue weighted by Crippen LogP contribution is 2.55. The maximum absolute atomic E-state index is 12.8. The van der Waals surface area contributed by atoms with Gasteiger partial charge in [0.1, 0.15) is 17.6 Å². The molecule has 5 heteroatoms. The first-order valence-corrected chi connectivity index (χ1v) is 12.6. The minimum Gasteiger partial charge on any atom is -0.494 e. The fourth-order valence-corrected chi connectivity index (χ4v) is 6.80. The van der Waals surface area contributed by atoms with E-state index in [2.05, 4.69) is 22.8 Å². The maximum Gasteiger partial charge on any atom is 0.315 e. The molecule has 0 aromatic heterocycles. The second-order valence-electron chi connectivity index (χ2n) is 10.3. The number of carbonyl (C=O) groups is 1. The van der Waals surface area contributed by atoms with E-state index >= 15 is 0 Å². The van der Waals surface area contributed by atoms with Gasteiger partial charge in [0.25, 0.3) is 0 Å². The number of ether oxygens (including phenoxy) is 2. The molecule has 33 heavy (non-hydrogen) atoms. The van der Waals surface area contributed by atoms with E-state index in [9.17, 15) is 4.79 Å². The molecular formula is C28H36N2O3. The van der Waals surface area contributed by atoms with Gasteiger partial charge >= 0.3 is 6.03 Å². The Hall–Kier alpha value is -2.69. The monoisotopic (exact) mass is 448 g/mol. The molecule has 4 aliphatic carbocycles. The van der Waals surface area contributed by atoms with Gasteiger partial charge in [-0.15, -0.1) is 0 Å². The predicted octanol–water partition coefficient (Wildman–Crippen LogP) is 5.86. The lowest BCUT2D eigenvalue weighted by atomic mass is 9.53. The van der Waals surface area contributed by atoms with Crippen LogP contribution in [0.4, 0.5) is 4.79 Å². The predicted molar refractivity (Wildman–Crippen MR) is 129 cm³/mol. The second kappa shape index (κ2) is 9.66. The van der Waals surface area contributed by atoms with Gasteiger partial charge < -0.3 is 20.1 Å². The molecule has 0 heterocycles. The molecule has 2 amide bonds. The molecule has 4 fully saturated rings. The first-order chi connectivity index (χ1) is 16.1. The van der Waals surface area contributed by atoms with E-state index in [1.807, 2.05) is 49.4 Å². The number of hydrogen-bond acceptors (Lipinski definition) is 3. The van der Waals surface area contributed by atoms with Crippen molar-refractivity contribution in [3.8, 4) is 11.5 Å². The van der Waals surface area contributed by atoms with Crippen LogP contribution in [0.2, 0.25) is 0 Å². The lowest BCUT2D eigenvalue weighted by Crippen LogP contribution is -2.61. The zero-order chi connectivity index (χ0) is 22.7. The molecule has 5 nitrogen and oxygen atoms in total. The van der Waals surface area contributed by atoms with Crippen LogP contribution in [0.5, 0.6) is 11.5 Å². The van der Waals surface area contributed by atoms with Crippen LogP contribution in [0.15, 0.2) is 54.6 Å². The Morgan fingerprint density at radius 2 is 1.64 bits per heavy atom. The van der Waals surface area contributed by atoms with E-state index in [4.69, 9.17) is 9.47 Å². The summed E-state index contributed by atoms with van der Waals surface area (Å²) in [6.07, 6.45) is 8.17. The van der Waals surface area contributed by atoms with Gasteiger partial charge in [0, 0.05) is 24.6 Å². The van der Waals surface area contributed by atoms with Crippen molar-refractivity contribution in [3.63, 3.8) is 0 Å². The third-order valence-electron chi connectivity index (χ3n) is 7.68. The lowest BCUT2D eigenvalue weighted by Gasteiger charge is -2.56. The van der Waals surface area contributed by atoms with E-state index in [1.165, 1.54) is 38.5 Å². The van der Waals surface area contributed by atoms with Crippen LogP contribution in [-0.2, 0) is 0 Å². The van der Waals surface area contributed by atoms with Gasteiger partial charge in [-0.1, -0.05) is 36.4 Å². The van der Waals surface area contributed by atoms with Crippen LogP contribution in [0.25, 0.3) is 0 Å². The topological polar surface area (TPSA) is 59.6 Å². The molecule has 4 aliphatic rings. The fraction of sp³-hybridized carbons (Fsp3) is 0.536. The Morgan fingerprint density at radius 1 is 0.970 bits per heavy atom. The number of carbonyl (C=O) groups excluding carboxylic acids is 1. The minimum absolute atomic E-state index is 0.0258. The Balaban J connectivity index is 1.18. The first-order valence-electron chi connectivity index (χ1n) is 12.6. The summed E-state index contributed by atoms with van der Waals surface area (Å²) in [6.45, 7) is 3.15. The third-order valence-corrected chi connectivity index (χ3v) is 7.68. The first kappa shape index (κ1) is 22.1. The van der Waals surface area contributed by atoms with Crippen LogP contribution in [0.3, 0.4) is 0 Å². The molecule has 0 radical (unpaired) electrons. The minimum atomic E-state index is -0.150. The Labute approximate surface area is 197 Å². The Bertz CT molecular complexity index is 910. The fourth-order valence-electron chi connectivity index (χ4n) is 6.80. The van der Waals surface area contributed by atoms with Gasteiger partial charge in [0.05, 0.1) is 6.61 Å². The maximum atomic E-state index is 12.8. The molecule has 6 rings (SSSR count). The number of amides is 2. The van der Waals surface area contributed by atoms with E-state index in [-0.39, 0.29) is 17.7 Å². The van der Waals surface area contributed by atoms with Gasteiger partial charge in [0.2, 0.25) is 0 Å². The molecule has 176 valence electrons. The number of rotatable bonds is 9. The molecule has 2 N–H and O–H groups in total. The molecule has 0 spiro atoms. The Morgan fingerprint density at radius 3 is 2.30 bits per heavy atom. The SMILES string of the molecule is CCOc1cccc(OC(CCNC(=O)NC23CC4CC(CC(C4)C2)C3)c2ccccc2)c1. The zero-order valence-corrected chi connectivity index (χ0v) is 19.6. The number of urea groups is 1. The number of benzene rings is 2. The summed E-state index contributed by atoms with van der Waals surface area (Å²) >= 11 is 0. The highest BCUT2D eigenvalue weighted by molar-refractivity contribution is 5.74. The summed E-state index contributed by atoms with van der Waals surface area (Å²) in [7, 11) is 0. The standard InChI is InChI=1S/C28H36N2O3/c1-2-32-24-9-6-10-25(16-24)33-26(23-7-4-3-5-8-23)11-12-29-27(31)30-28-17-20-13-21(18-28)15-22(14-20)19-28/h3-10,16,20-22,26H,2,11-15,17-19H2,1H3,(H2,29,30,31). The Kier molecular flexibility index (Phi) is 6.48. The number of nitrogens with one attached hydrogen (secondary N) is 2. The summed E-state index contributed by atoms with van der Waals surface area (Å²) in [5.41, 5.74) is 1.14. The highest BCUT2D eigenvalue weighted by Gasteiger charge is 2.51. The molecule has 4 bridgehead atoms. The average Bonchev–Trinajstić information content (AvgIpc) is 2.78. The molecule has 0 saturated heterocycles. The van der Waals surface area contributed by atoms with E-state index in [0.29, 0.717) is 19.6 Å². The van der Waals surface area contributed by atoms with Crippen LogP contribution >= 0.6 is 0 Å². The van der Waals surface area contributed by atoms with Crippen molar-refractivity contribution in [1.82, 2.24) is 10.6 Å². The van der Waals surface area contributed by atoms with Crippen LogP contribution in [0, 0.1) is 17.8 Å². The van der Waals surface area contributed by atoms with Crippen molar-refractivity contribution in [1.29, 1.82) is 0 Å². The van der Waals surface area contributed by atoms with Crippen molar-refractivity contribution in [2.45, 2.75) is 63.5 Å². The molecule has 2 aromatic carbocycles. The van der Waals surface area contributed by atoms with Crippen LogP contribution in [-0.4, -0.2) is 24.7 Å². The largest absolute Gasteiger partial charge is 0.494 e. The molecule has 1 atom stereocenters. The van der Waals surface area contributed by atoms with Crippen LogP contribution < -0.4 is 20.1 Å². The smallest absolute Gasteiger partial charge is 0.315 e. The lowest BCUT2D eigenvalue weighted by molar-refractivity contribution is -0.0135. The van der Waals surface area contributed by atoms with Gasteiger partial charge in [-0.2, -0.15) is 0 Å². The van der Waals surface area contributed by atoms with E-state index in [1.54, 1.807) is 0 Å². The van der Waals surface area contributed by atoms with Gasteiger partial charge in [-0.05, 0) is 80.9 Å². The molecule has 2 aromatic rings.